The molecule has 0 amide bonds. The van der Waals surface area contributed by atoms with Gasteiger partial charge in [-0.2, -0.15) is 26.3 Å². The number of carboxylic acid groups (broad SMARTS) is 1. The third kappa shape index (κ3) is 5.67. The Hall–Kier alpha value is -2.71. The number of nitrogens with zero attached hydrogens (tertiary/aromatic N) is 1. The van der Waals surface area contributed by atoms with Crippen molar-refractivity contribution in [3.63, 3.8) is 0 Å². The van der Waals surface area contributed by atoms with E-state index in [0.717, 1.165) is 4.90 Å². The molecule has 0 saturated carbocycles. The fourth-order valence-corrected chi connectivity index (χ4v) is 4.67. The van der Waals surface area contributed by atoms with Gasteiger partial charge in [-0.1, -0.05) is 62.4 Å². The summed E-state index contributed by atoms with van der Waals surface area (Å²) in [5.74, 6) is -4.44. The van der Waals surface area contributed by atoms with Crippen LogP contribution in [0.1, 0.15) is 44.6 Å². The number of carboxylic acids is 1. The number of carbonyl (C=O) groups is 1. The molecule has 9 heteroatoms. The van der Waals surface area contributed by atoms with Gasteiger partial charge in [0.2, 0.25) is 0 Å². The van der Waals surface area contributed by atoms with Gasteiger partial charge in [-0.15, -0.1) is 0 Å². The van der Waals surface area contributed by atoms with Crippen LogP contribution in [-0.2, 0) is 4.79 Å². The van der Waals surface area contributed by atoms with Crippen LogP contribution in [0.25, 0.3) is 11.1 Å². The van der Waals surface area contributed by atoms with Gasteiger partial charge in [0, 0.05) is 17.8 Å². The summed E-state index contributed by atoms with van der Waals surface area (Å²) in [5, 5.41) is 9.95. The first-order valence-corrected chi connectivity index (χ1v) is 11.1. The van der Waals surface area contributed by atoms with Crippen LogP contribution in [0.15, 0.2) is 48.5 Å². The molecule has 1 N–H and O–H groups in total. The van der Waals surface area contributed by atoms with E-state index in [1.54, 1.807) is 50.2 Å². The lowest BCUT2D eigenvalue weighted by Gasteiger charge is -2.44. The third-order valence-corrected chi connectivity index (χ3v) is 6.24. The minimum absolute atomic E-state index is 0.0852. The molecule has 0 spiro atoms. The smallest absolute Gasteiger partial charge is 0.408 e. The molecule has 1 fully saturated rings. The minimum Gasteiger partial charge on any atom is -0.481 e. The molecule has 0 bridgehead atoms. The predicted octanol–water partition coefficient (Wildman–Crippen LogP) is 7.28. The highest BCUT2D eigenvalue weighted by atomic mass is 19.4. The van der Waals surface area contributed by atoms with Crippen molar-refractivity contribution in [1.29, 1.82) is 0 Å². The van der Waals surface area contributed by atoms with Crippen molar-refractivity contribution in [2.45, 2.75) is 57.4 Å². The van der Waals surface area contributed by atoms with Crippen molar-refractivity contribution in [1.82, 2.24) is 0 Å². The first kappa shape index (κ1) is 25.9. The molecular formula is C25H27F6NO2. The Morgan fingerprint density at radius 3 is 2.15 bits per heavy atom. The monoisotopic (exact) mass is 487 g/mol. The van der Waals surface area contributed by atoms with Crippen LogP contribution in [0, 0.1) is 11.8 Å². The molecule has 1 aliphatic heterocycles. The van der Waals surface area contributed by atoms with Crippen LogP contribution in [0.2, 0.25) is 0 Å². The van der Waals surface area contributed by atoms with Crippen LogP contribution in [0.5, 0.6) is 0 Å². The van der Waals surface area contributed by atoms with Crippen LogP contribution in [0.4, 0.5) is 32.0 Å². The van der Waals surface area contributed by atoms with Crippen LogP contribution >= 0.6 is 0 Å². The number of rotatable bonds is 6. The maximum Gasteiger partial charge on any atom is 0.408 e. The van der Waals surface area contributed by atoms with Crippen molar-refractivity contribution >= 4 is 11.7 Å². The van der Waals surface area contributed by atoms with E-state index in [1.165, 1.54) is 12.1 Å². The lowest BCUT2D eigenvalue weighted by Crippen LogP contribution is -2.54. The zero-order chi connectivity index (χ0) is 25.3. The minimum atomic E-state index is -4.78. The zero-order valence-electron chi connectivity index (χ0n) is 18.8. The molecule has 3 atom stereocenters. The molecule has 3 nitrogen and oxygen atoms in total. The number of aliphatic carboxylic acids is 1. The summed E-state index contributed by atoms with van der Waals surface area (Å²) >= 11 is 0. The fraction of sp³-hybridized carbons (Fsp3) is 0.480. The summed E-state index contributed by atoms with van der Waals surface area (Å²) in [7, 11) is 0. The molecule has 1 heterocycles. The zero-order valence-corrected chi connectivity index (χ0v) is 18.8. The van der Waals surface area contributed by atoms with Gasteiger partial charge < -0.3 is 10.0 Å². The van der Waals surface area contributed by atoms with Gasteiger partial charge in [0.05, 0.1) is 11.8 Å². The van der Waals surface area contributed by atoms with Crippen molar-refractivity contribution in [2.24, 2.45) is 11.8 Å². The van der Waals surface area contributed by atoms with Crippen LogP contribution < -0.4 is 4.90 Å². The Labute approximate surface area is 194 Å². The predicted molar refractivity (Wildman–Crippen MR) is 118 cm³/mol. The number of benzene rings is 2. The molecule has 1 saturated heterocycles. The maximum absolute atomic E-state index is 14.1. The molecule has 2 aromatic carbocycles. The van der Waals surface area contributed by atoms with Gasteiger partial charge in [-0.05, 0) is 36.3 Å². The number of alkyl halides is 6. The fourth-order valence-electron chi connectivity index (χ4n) is 4.67. The topological polar surface area (TPSA) is 40.5 Å². The molecule has 2 aromatic rings. The molecule has 34 heavy (non-hydrogen) atoms. The van der Waals surface area contributed by atoms with Gasteiger partial charge in [0.15, 0.2) is 0 Å². The summed E-state index contributed by atoms with van der Waals surface area (Å²) in [6, 6.07) is 10.7. The van der Waals surface area contributed by atoms with E-state index >= 15 is 0 Å². The van der Waals surface area contributed by atoms with Gasteiger partial charge >= 0.3 is 18.3 Å². The van der Waals surface area contributed by atoms with Crippen molar-refractivity contribution in [2.75, 3.05) is 11.4 Å². The summed E-state index contributed by atoms with van der Waals surface area (Å²) in [4.78, 5) is 13.0. The molecule has 0 radical (unpaired) electrons. The van der Waals surface area contributed by atoms with E-state index in [0.29, 0.717) is 5.56 Å². The van der Waals surface area contributed by atoms with Crippen LogP contribution in [0.3, 0.4) is 0 Å². The molecule has 0 aliphatic carbocycles. The number of para-hydroxylation sites is 1. The van der Waals surface area contributed by atoms with Crippen molar-refractivity contribution in [3.8, 4) is 11.1 Å². The average molecular weight is 487 g/mol. The first-order valence-electron chi connectivity index (χ1n) is 11.1. The highest BCUT2D eigenvalue weighted by molar-refractivity contribution is 5.87. The quantitative estimate of drug-likeness (QED) is 0.436. The van der Waals surface area contributed by atoms with E-state index in [-0.39, 0.29) is 29.2 Å². The molecule has 3 unspecified atom stereocenters. The number of piperidine rings is 1. The van der Waals surface area contributed by atoms with Gasteiger partial charge in [-0.3, -0.25) is 4.79 Å². The Balaban J connectivity index is 2.29. The van der Waals surface area contributed by atoms with Crippen LogP contribution in [-0.4, -0.2) is 36.0 Å². The Kier molecular flexibility index (Phi) is 7.53. The molecular weight excluding hydrogens is 460 g/mol. The number of anilines is 1. The second kappa shape index (κ2) is 9.88. The average Bonchev–Trinajstić information content (AvgIpc) is 2.75. The molecule has 3 rings (SSSR count). The summed E-state index contributed by atoms with van der Waals surface area (Å²) in [6.07, 6.45) is -10.7. The summed E-state index contributed by atoms with van der Waals surface area (Å²) in [5.41, 5.74) is 0.797. The summed E-state index contributed by atoms with van der Waals surface area (Å²) < 4.78 is 83.2. The SMILES string of the molecule is CC(C)CC(C(=O)O)c1cccc(-c2ccccc2)c1N1CC(C(F)(F)F)CCC1C(F)(F)F. The van der Waals surface area contributed by atoms with E-state index in [4.69, 9.17) is 0 Å². The number of hydrogen-bond acceptors (Lipinski definition) is 2. The standard InChI is InChI=1S/C25H27F6NO2/c1-15(2)13-20(23(33)34)19-10-6-9-18(16-7-4-3-5-8-16)22(19)32-14-17(24(26,27)28)11-12-21(32)25(29,30)31/h3-10,15,17,20-21H,11-14H2,1-2H3,(H,33,34). The Bertz CT molecular complexity index is 987. The number of halogens is 6. The summed E-state index contributed by atoms with van der Waals surface area (Å²) in [6.45, 7) is 2.68. The second-order valence-corrected chi connectivity index (χ2v) is 9.16. The van der Waals surface area contributed by atoms with E-state index < -0.39 is 55.6 Å². The van der Waals surface area contributed by atoms with Gasteiger partial charge in [-0.25, -0.2) is 0 Å². The second-order valence-electron chi connectivity index (χ2n) is 9.16. The van der Waals surface area contributed by atoms with Gasteiger partial charge in [0.1, 0.15) is 6.04 Å². The first-order chi connectivity index (χ1) is 15.8. The van der Waals surface area contributed by atoms with E-state index in [2.05, 4.69) is 0 Å². The molecule has 1 aliphatic rings. The van der Waals surface area contributed by atoms with Crippen molar-refractivity contribution in [3.05, 3.63) is 54.1 Å². The maximum atomic E-state index is 14.1. The highest BCUT2D eigenvalue weighted by Gasteiger charge is 2.52. The van der Waals surface area contributed by atoms with E-state index in [9.17, 15) is 36.2 Å². The Morgan fingerprint density at radius 2 is 1.62 bits per heavy atom. The van der Waals surface area contributed by atoms with Crippen molar-refractivity contribution < 1.29 is 36.2 Å². The molecule has 186 valence electrons. The Morgan fingerprint density at radius 1 is 0.971 bits per heavy atom. The third-order valence-electron chi connectivity index (χ3n) is 6.24. The number of hydrogen-bond donors (Lipinski definition) is 1. The lowest BCUT2D eigenvalue weighted by molar-refractivity contribution is -0.192. The molecule has 0 aromatic heterocycles. The van der Waals surface area contributed by atoms with Gasteiger partial charge in [0.25, 0.3) is 0 Å². The highest BCUT2D eigenvalue weighted by Crippen LogP contribution is 2.47. The van der Waals surface area contributed by atoms with E-state index in [1.807, 2.05) is 0 Å². The largest absolute Gasteiger partial charge is 0.481 e. The normalized spacial score (nSPS) is 20.4. The lowest BCUT2D eigenvalue weighted by atomic mass is 9.84.